The van der Waals surface area contributed by atoms with Gasteiger partial charge in [0.1, 0.15) is 5.82 Å². The molecule has 2 aliphatic heterocycles. The molecule has 0 bridgehead atoms. The fourth-order valence-corrected chi connectivity index (χ4v) is 4.19. The molecule has 0 radical (unpaired) electrons. The zero-order valence-electron chi connectivity index (χ0n) is 15.5. The number of nitrogens with zero attached hydrogens (tertiary/aromatic N) is 4. The van der Waals surface area contributed by atoms with E-state index in [0.29, 0.717) is 0 Å². The van der Waals surface area contributed by atoms with Gasteiger partial charge in [0.25, 0.3) is 0 Å². The maximum Gasteiger partial charge on any atom is 0.228 e. The zero-order chi connectivity index (χ0) is 17.2. The zero-order valence-corrected chi connectivity index (χ0v) is 15.5. The summed E-state index contributed by atoms with van der Waals surface area (Å²) in [4.78, 5) is 16.5. The first kappa shape index (κ1) is 16.6. The van der Waals surface area contributed by atoms with Gasteiger partial charge in [0, 0.05) is 18.5 Å². The summed E-state index contributed by atoms with van der Waals surface area (Å²) in [5, 5.41) is 1.19. The van der Waals surface area contributed by atoms with E-state index < -0.39 is 0 Å². The van der Waals surface area contributed by atoms with Gasteiger partial charge in [0.05, 0.1) is 38.2 Å². The Labute approximate surface area is 150 Å². The predicted molar refractivity (Wildman–Crippen MR) is 104 cm³/mol. The van der Waals surface area contributed by atoms with E-state index in [0.717, 1.165) is 49.4 Å². The van der Waals surface area contributed by atoms with Crippen molar-refractivity contribution in [1.29, 1.82) is 0 Å². The van der Waals surface area contributed by atoms with E-state index in [-0.39, 0.29) is 0 Å². The maximum absolute atomic E-state index is 5.07. The molecule has 134 valence electrons. The molecule has 0 unspecified atom stereocenters. The lowest BCUT2D eigenvalue weighted by Gasteiger charge is -2.34. The second-order valence-corrected chi connectivity index (χ2v) is 7.65. The van der Waals surface area contributed by atoms with E-state index in [4.69, 9.17) is 9.97 Å². The number of aromatic nitrogens is 2. The van der Waals surface area contributed by atoms with Crippen LogP contribution in [-0.4, -0.2) is 55.8 Å². The molecule has 0 aliphatic carbocycles. The molecule has 1 atom stereocenters. The summed E-state index contributed by atoms with van der Waals surface area (Å²) in [6.45, 7) is 12.5. The molecule has 5 nitrogen and oxygen atoms in total. The second-order valence-electron chi connectivity index (χ2n) is 7.65. The number of anilines is 2. The molecule has 1 N–H and O–H groups in total. The molecule has 0 spiro atoms. The van der Waals surface area contributed by atoms with Gasteiger partial charge in [-0.25, -0.2) is 4.98 Å². The lowest BCUT2D eigenvalue weighted by molar-refractivity contribution is -0.898. The second kappa shape index (κ2) is 7.16. The molecule has 0 saturated carbocycles. The fraction of sp³-hybridized carbons (Fsp3) is 0.600. The van der Waals surface area contributed by atoms with Crippen LogP contribution in [0, 0.1) is 5.92 Å². The van der Waals surface area contributed by atoms with Crippen LogP contribution in [0.3, 0.4) is 0 Å². The van der Waals surface area contributed by atoms with Crippen LogP contribution in [0.15, 0.2) is 24.3 Å². The number of fused-ring (bicyclic) bond motifs is 1. The molecule has 2 aromatic rings. The third-order valence-corrected chi connectivity index (χ3v) is 5.78. The van der Waals surface area contributed by atoms with Crippen molar-refractivity contribution in [1.82, 2.24) is 9.97 Å². The van der Waals surface area contributed by atoms with Gasteiger partial charge < -0.3 is 14.7 Å². The number of nitrogens with one attached hydrogen (secondary N) is 1. The van der Waals surface area contributed by atoms with Crippen LogP contribution in [0.4, 0.5) is 11.8 Å². The summed E-state index contributed by atoms with van der Waals surface area (Å²) in [6.07, 6.45) is 2.58. The highest BCUT2D eigenvalue weighted by molar-refractivity contribution is 5.90. The summed E-state index contributed by atoms with van der Waals surface area (Å²) in [7, 11) is 0. The third-order valence-electron chi connectivity index (χ3n) is 5.78. The van der Waals surface area contributed by atoms with Gasteiger partial charge in [-0.15, -0.1) is 0 Å². The summed E-state index contributed by atoms with van der Waals surface area (Å²) in [5.74, 6) is 2.79. The number of benzene rings is 1. The Balaban J connectivity index is 1.69. The minimum atomic E-state index is 0.739. The molecule has 3 heterocycles. The topological polar surface area (TPSA) is 36.7 Å². The van der Waals surface area contributed by atoms with E-state index in [1.54, 1.807) is 4.90 Å². The number of para-hydroxylation sites is 1. The largest absolute Gasteiger partial charge is 0.356 e. The van der Waals surface area contributed by atoms with Gasteiger partial charge in [-0.3, -0.25) is 0 Å². The van der Waals surface area contributed by atoms with Crippen LogP contribution in [0.1, 0.15) is 26.7 Å². The standard InChI is InChI=1S/C20H29N5/c1-3-23-11-13-24(14-12-23)20-21-18-9-5-4-8-17(18)19(22-20)25-10-6-7-16(2)15-25/h4-5,8-9,16H,3,6-7,10-15H2,1-2H3/p+1/t16-/m1/s1. The highest BCUT2D eigenvalue weighted by Gasteiger charge is 2.24. The molecule has 4 rings (SSSR count). The van der Waals surface area contributed by atoms with Crippen LogP contribution in [0.2, 0.25) is 0 Å². The van der Waals surface area contributed by atoms with Crippen molar-refractivity contribution in [3.05, 3.63) is 24.3 Å². The van der Waals surface area contributed by atoms with E-state index in [1.807, 2.05) is 0 Å². The highest BCUT2D eigenvalue weighted by atomic mass is 15.3. The molecule has 25 heavy (non-hydrogen) atoms. The van der Waals surface area contributed by atoms with Crippen LogP contribution >= 0.6 is 0 Å². The maximum atomic E-state index is 5.07. The molecular formula is C20H30N5+. The number of rotatable bonds is 3. The Kier molecular flexibility index (Phi) is 4.75. The number of piperazine rings is 1. The van der Waals surface area contributed by atoms with Crippen molar-refractivity contribution >= 4 is 22.7 Å². The molecule has 2 aliphatic rings. The van der Waals surface area contributed by atoms with Gasteiger partial charge in [-0.05, 0) is 37.8 Å². The quantitative estimate of drug-likeness (QED) is 0.921. The minimum absolute atomic E-state index is 0.739. The van der Waals surface area contributed by atoms with Crippen molar-refractivity contribution in [2.24, 2.45) is 5.92 Å². The van der Waals surface area contributed by atoms with E-state index in [1.165, 1.54) is 37.9 Å². The molecule has 1 aromatic heterocycles. The first-order chi connectivity index (χ1) is 12.2. The van der Waals surface area contributed by atoms with Crippen molar-refractivity contribution in [2.75, 3.05) is 55.6 Å². The normalized spacial score (nSPS) is 22.6. The minimum Gasteiger partial charge on any atom is -0.356 e. The van der Waals surface area contributed by atoms with Crippen molar-refractivity contribution in [2.45, 2.75) is 26.7 Å². The summed E-state index contributed by atoms with van der Waals surface area (Å²) in [6, 6.07) is 8.49. The fourth-order valence-electron chi connectivity index (χ4n) is 4.19. The molecule has 2 fully saturated rings. The summed E-state index contributed by atoms with van der Waals surface area (Å²) < 4.78 is 0. The van der Waals surface area contributed by atoms with Crippen LogP contribution < -0.4 is 14.7 Å². The molecule has 0 amide bonds. The highest BCUT2D eigenvalue weighted by Crippen LogP contribution is 2.29. The summed E-state index contributed by atoms with van der Waals surface area (Å²) in [5.41, 5.74) is 1.07. The van der Waals surface area contributed by atoms with E-state index >= 15 is 0 Å². The average molecular weight is 340 g/mol. The third kappa shape index (κ3) is 3.43. The van der Waals surface area contributed by atoms with E-state index in [2.05, 4.69) is 47.9 Å². The van der Waals surface area contributed by atoms with Crippen molar-refractivity contribution in [3.8, 4) is 0 Å². The molecular weight excluding hydrogens is 310 g/mol. The first-order valence-corrected chi connectivity index (χ1v) is 9.85. The Morgan fingerprint density at radius 2 is 1.88 bits per heavy atom. The lowest BCUT2D eigenvalue weighted by atomic mass is 10.00. The van der Waals surface area contributed by atoms with Crippen molar-refractivity contribution in [3.63, 3.8) is 0 Å². The Hall–Kier alpha value is -1.88. The van der Waals surface area contributed by atoms with Crippen molar-refractivity contribution < 1.29 is 4.90 Å². The number of likely N-dealkylation sites (N-methyl/N-ethyl adjacent to an activating group) is 1. The monoisotopic (exact) mass is 340 g/mol. The SMILES string of the molecule is CC[NH+]1CCN(c2nc(N3CCC[C@@H](C)C3)c3ccccc3n2)CC1. The molecule has 2 saturated heterocycles. The first-order valence-electron chi connectivity index (χ1n) is 9.85. The number of hydrogen-bond donors (Lipinski definition) is 1. The van der Waals surface area contributed by atoms with Crippen LogP contribution in [-0.2, 0) is 0 Å². The predicted octanol–water partition coefficient (Wildman–Crippen LogP) is 1.59. The number of piperidine rings is 1. The van der Waals surface area contributed by atoms with Gasteiger partial charge in [-0.2, -0.15) is 4.98 Å². The lowest BCUT2D eigenvalue weighted by Crippen LogP contribution is -3.14. The van der Waals surface area contributed by atoms with Crippen LogP contribution in [0.5, 0.6) is 0 Å². The molecule has 5 heteroatoms. The number of hydrogen-bond acceptors (Lipinski definition) is 4. The Bertz CT molecular complexity index is 723. The summed E-state index contributed by atoms with van der Waals surface area (Å²) >= 11 is 0. The smallest absolute Gasteiger partial charge is 0.228 e. The van der Waals surface area contributed by atoms with Crippen LogP contribution in [0.25, 0.3) is 10.9 Å². The Morgan fingerprint density at radius 1 is 1.08 bits per heavy atom. The van der Waals surface area contributed by atoms with Gasteiger partial charge in [0.15, 0.2) is 0 Å². The van der Waals surface area contributed by atoms with Gasteiger partial charge in [-0.1, -0.05) is 19.1 Å². The molecule has 1 aromatic carbocycles. The number of quaternary nitrogens is 1. The van der Waals surface area contributed by atoms with E-state index in [9.17, 15) is 0 Å². The Morgan fingerprint density at radius 3 is 2.64 bits per heavy atom. The average Bonchev–Trinajstić information content (AvgIpc) is 2.67. The van der Waals surface area contributed by atoms with Gasteiger partial charge in [0.2, 0.25) is 5.95 Å². The van der Waals surface area contributed by atoms with Gasteiger partial charge >= 0.3 is 0 Å².